The molecule has 28 heavy (non-hydrogen) atoms. The highest BCUT2D eigenvalue weighted by Crippen LogP contribution is 2.22. The smallest absolute Gasteiger partial charge is 0.263 e. The van der Waals surface area contributed by atoms with Crippen LogP contribution >= 0.6 is 0 Å². The van der Waals surface area contributed by atoms with E-state index in [0.29, 0.717) is 12.3 Å². The monoisotopic (exact) mass is 380 g/mol. The standard InChI is InChI=1S/C24H32N2O2/c1-4-23(28-22-12-8-11-21(17-22)19(2)3)24(27)26-15-13-25(14-16-26)18-20-9-6-5-7-10-20/h5-12,17,19,23H,4,13-16,18H2,1-3H3. The molecule has 0 spiro atoms. The van der Waals surface area contributed by atoms with E-state index in [0.717, 1.165) is 38.5 Å². The summed E-state index contributed by atoms with van der Waals surface area (Å²) in [6, 6.07) is 18.6. The van der Waals surface area contributed by atoms with Crippen LogP contribution in [0.2, 0.25) is 0 Å². The number of nitrogens with zero attached hydrogens (tertiary/aromatic N) is 2. The third kappa shape index (κ3) is 5.35. The van der Waals surface area contributed by atoms with Crippen LogP contribution in [0.15, 0.2) is 54.6 Å². The molecule has 4 nitrogen and oxygen atoms in total. The molecule has 1 amide bonds. The second kappa shape index (κ2) is 9.74. The zero-order valence-electron chi connectivity index (χ0n) is 17.3. The summed E-state index contributed by atoms with van der Waals surface area (Å²) in [4.78, 5) is 17.4. The lowest BCUT2D eigenvalue weighted by molar-refractivity contribution is -0.140. The summed E-state index contributed by atoms with van der Waals surface area (Å²) >= 11 is 0. The van der Waals surface area contributed by atoms with Gasteiger partial charge in [-0.2, -0.15) is 0 Å². The number of amides is 1. The quantitative estimate of drug-likeness (QED) is 0.717. The van der Waals surface area contributed by atoms with Gasteiger partial charge in [0.25, 0.3) is 5.91 Å². The number of carbonyl (C=O) groups is 1. The Balaban J connectivity index is 1.55. The van der Waals surface area contributed by atoms with E-state index in [9.17, 15) is 4.79 Å². The molecule has 4 heteroatoms. The third-order valence-electron chi connectivity index (χ3n) is 5.38. The van der Waals surface area contributed by atoms with Crippen LogP contribution in [0.3, 0.4) is 0 Å². The van der Waals surface area contributed by atoms with Crippen molar-refractivity contribution in [1.29, 1.82) is 0 Å². The van der Waals surface area contributed by atoms with Gasteiger partial charge in [-0.25, -0.2) is 0 Å². The largest absolute Gasteiger partial charge is 0.481 e. The van der Waals surface area contributed by atoms with Gasteiger partial charge in [0.05, 0.1) is 0 Å². The Hall–Kier alpha value is -2.33. The maximum atomic E-state index is 13.0. The molecule has 0 saturated carbocycles. The number of carbonyl (C=O) groups excluding carboxylic acids is 1. The van der Waals surface area contributed by atoms with Crippen molar-refractivity contribution in [3.8, 4) is 5.75 Å². The van der Waals surface area contributed by atoms with E-state index in [-0.39, 0.29) is 5.91 Å². The molecule has 2 aromatic rings. The maximum Gasteiger partial charge on any atom is 0.263 e. The first kappa shape index (κ1) is 20.4. The minimum Gasteiger partial charge on any atom is -0.481 e. The van der Waals surface area contributed by atoms with E-state index in [1.807, 2.05) is 30.0 Å². The molecule has 0 aromatic heterocycles. The lowest BCUT2D eigenvalue weighted by Crippen LogP contribution is -2.52. The second-order valence-corrected chi connectivity index (χ2v) is 7.83. The van der Waals surface area contributed by atoms with E-state index in [4.69, 9.17) is 4.74 Å². The van der Waals surface area contributed by atoms with Crippen molar-refractivity contribution >= 4 is 5.91 Å². The summed E-state index contributed by atoms with van der Waals surface area (Å²) < 4.78 is 6.09. The summed E-state index contributed by atoms with van der Waals surface area (Å²) in [5.41, 5.74) is 2.55. The lowest BCUT2D eigenvalue weighted by Gasteiger charge is -2.36. The van der Waals surface area contributed by atoms with Crippen LogP contribution in [0, 0.1) is 0 Å². The summed E-state index contributed by atoms with van der Waals surface area (Å²) in [6.45, 7) is 10.6. The first-order valence-corrected chi connectivity index (χ1v) is 10.4. The van der Waals surface area contributed by atoms with Crippen LogP contribution in [0.5, 0.6) is 5.75 Å². The molecule has 0 radical (unpaired) electrons. The van der Waals surface area contributed by atoms with Crippen molar-refractivity contribution in [3.05, 3.63) is 65.7 Å². The SMILES string of the molecule is CCC(Oc1cccc(C(C)C)c1)C(=O)N1CCN(Cc2ccccc2)CC1. The lowest BCUT2D eigenvalue weighted by atomic mass is 10.0. The Labute approximate surface area is 169 Å². The van der Waals surface area contributed by atoms with Gasteiger partial charge >= 0.3 is 0 Å². The predicted molar refractivity (Wildman–Crippen MR) is 114 cm³/mol. The van der Waals surface area contributed by atoms with E-state index in [2.05, 4.69) is 55.1 Å². The molecular weight excluding hydrogens is 348 g/mol. The van der Waals surface area contributed by atoms with Gasteiger partial charge < -0.3 is 9.64 Å². The molecule has 2 aromatic carbocycles. The number of benzene rings is 2. The van der Waals surface area contributed by atoms with Crippen molar-refractivity contribution in [2.75, 3.05) is 26.2 Å². The first-order valence-electron chi connectivity index (χ1n) is 10.4. The van der Waals surface area contributed by atoms with Crippen LogP contribution in [0.25, 0.3) is 0 Å². The predicted octanol–water partition coefficient (Wildman–Crippen LogP) is 4.31. The van der Waals surface area contributed by atoms with Gasteiger partial charge in [-0.1, -0.05) is 63.2 Å². The van der Waals surface area contributed by atoms with Crippen LogP contribution in [-0.2, 0) is 11.3 Å². The van der Waals surface area contributed by atoms with Crippen LogP contribution in [-0.4, -0.2) is 48.0 Å². The van der Waals surface area contributed by atoms with Crippen molar-refractivity contribution < 1.29 is 9.53 Å². The van der Waals surface area contributed by atoms with E-state index in [1.165, 1.54) is 11.1 Å². The minimum atomic E-state index is -0.414. The molecule has 0 aliphatic carbocycles. The van der Waals surface area contributed by atoms with Gasteiger partial charge in [0.1, 0.15) is 5.75 Å². The molecule has 3 rings (SSSR count). The zero-order chi connectivity index (χ0) is 19.9. The first-order chi connectivity index (χ1) is 13.6. The molecule has 1 aliphatic heterocycles. The van der Waals surface area contributed by atoms with E-state index in [1.54, 1.807) is 0 Å². The molecule has 0 bridgehead atoms. The fraction of sp³-hybridized carbons (Fsp3) is 0.458. The molecule has 1 fully saturated rings. The number of hydrogen-bond acceptors (Lipinski definition) is 3. The van der Waals surface area contributed by atoms with Gasteiger partial charge in [-0.05, 0) is 35.6 Å². The third-order valence-corrected chi connectivity index (χ3v) is 5.38. The van der Waals surface area contributed by atoms with Crippen molar-refractivity contribution in [1.82, 2.24) is 9.80 Å². The fourth-order valence-corrected chi connectivity index (χ4v) is 3.59. The average molecular weight is 381 g/mol. The van der Waals surface area contributed by atoms with Gasteiger partial charge in [-0.3, -0.25) is 9.69 Å². The van der Waals surface area contributed by atoms with Gasteiger partial charge in [0.15, 0.2) is 6.10 Å². The zero-order valence-corrected chi connectivity index (χ0v) is 17.3. The van der Waals surface area contributed by atoms with Crippen LogP contribution in [0.4, 0.5) is 0 Å². The van der Waals surface area contributed by atoms with Crippen molar-refractivity contribution in [2.45, 2.75) is 45.8 Å². The summed E-state index contributed by atoms with van der Waals surface area (Å²) in [6.07, 6.45) is 0.262. The Morgan fingerprint density at radius 1 is 1.00 bits per heavy atom. The summed E-state index contributed by atoms with van der Waals surface area (Å²) in [5, 5.41) is 0. The molecule has 1 aliphatic rings. The summed E-state index contributed by atoms with van der Waals surface area (Å²) in [5.74, 6) is 1.34. The Morgan fingerprint density at radius 3 is 2.36 bits per heavy atom. The highest BCUT2D eigenvalue weighted by molar-refractivity contribution is 5.81. The Morgan fingerprint density at radius 2 is 1.71 bits per heavy atom. The molecule has 1 saturated heterocycles. The number of rotatable bonds is 7. The number of hydrogen-bond donors (Lipinski definition) is 0. The molecule has 1 heterocycles. The van der Waals surface area contributed by atoms with Gasteiger partial charge in [0, 0.05) is 32.7 Å². The van der Waals surface area contributed by atoms with Crippen LogP contribution < -0.4 is 4.74 Å². The van der Waals surface area contributed by atoms with Crippen molar-refractivity contribution in [2.24, 2.45) is 0 Å². The number of ether oxygens (including phenoxy) is 1. The molecule has 1 unspecified atom stereocenters. The highest BCUT2D eigenvalue weighted by atomic mass is 16.5. The fourth-order valence-electron chi connectivity index (χ4n) is 3.59. The normalized spacial score (nSPS) is 16.2. The van der Waals surface area contributed by atoms with Crippen molar-refractivity contribution in [3.63, 3.8) is 0 Å². The Bertz CT molecular complexity index is 752. The van der Waals surface area contributed by atoms with E-state index < -0.39 is 6.10 Å². The van der Waals surface area contributed by atoms with E-state index >= 15 is 0 Å². The molecule has 0 N–H and O–H groups in total. The van der Waals surface area contributed by atoms with Crippen LogP contribution in [0.1, 0.15) is 44.2 Å². The topological polar surface area (TPSA) is 32.8 Å². The summed E-state index contributed by atoms with van der Waals surface area (Å²) in [7, 11) is 0. The Kier molecular flexibility index (Phi) is 7.10. The molecular formula is C24H32N2O2. The minimum absolute atomic E-state index is 0.108. The average Bonchev–Trinajstić information content (AvgIpc) is 2.73. The highest BCUT2D eigenvalue weighted by Gasteiger charge is 2.28. The molecule has 150 valence electrons. The second-order valence-electron chi connectivity index (χ2n) is 7.83. The maximum absolute atomic E-state index is 13.0. The molecule has 1 atom stereocenters. The van der Waals surface area contributed by atoms with Gasteiger partial charge in [0.2, 0.25) is 0 Å². The van der Waals surface area contributed by atoms with Gasteiger partial charge in [-0.15, -0.1) is 0 Å². The number of piperazine rings is 1.